The number of aromatic nitrogens is 2. The molecule has 0 saturated carbocycles. The lowest BCUT2D eigenvalue weighted by Gasteiger charge is -1.98. The highest BCUT2D eigenvalue weighted by atomic mass is 32.1. The summed E-state index contributed by atoms with van der Waals surface area (Å²) in [6.45, 7) is 1.85. The van der Waals surface area contributed by atoms with Gasteiger partial charge in [0.05, 0.1) is 27.9 Å². The Morgan fingerprint density at radius 2 is 2.08 bits per heavy atom. The van der Waals surface area contributed by atoms with Gasteiger partial charge in [-0.25, -0.2) is 9.97 Å². The molecule has 1 amide bonds. The van der Waals surface area contributed by atoms with Crippen LogP contribution in [0.3, 0.4) is 0 Å². The third kappa shape index (κ3) is 3.15. The number of hydrogen-bond donors (Lipinski definition) is 1. The molecule has 126 valence electrons. The van der Waals surface area contributed by atoms with Gasteiger partial charge in [-0.3, -0.25) is 10.1 Å². The van der Waals surface area contributed by atoms with Crippen LogP contribution in [-0.2, 0) is 0 Å². The number of thiophene rings is 1. The summed E-state index contributed by atoms with van der Waals surface area (Å²) >= 11 is 4.44. The van der Waals surface area contributed by atoms with Gasteiger partial charge < -0.3 is 4.74 Å². The number of carbonyl (C=O) groups is 1. The normalized spacial score (nSPS) is 11.0. The lowest BCUT2D eigenvalue weighted by atomic mass is 10.3. The van der Waals surface area contributed by atoms with Crippen LogP contribution in [0.1, 0.15) is 15.4 Å². The first-order valence-corrected chi connectivity index (χ1v) is 9.92. The van der Waals surface area contributed by atoms with Gasteiger partial charge in [0.1, 0.15) is 15.6 Å². The highest BCUT2D eigenvalue weighted by Crippen LogP contribution is 2.33. The summed E-state index contributed by atoms with van der Waals surface area (Å²) in [6.07, 6.45) is 0. The van der Waals surface area contributed by atoms with Crippen LogP contribution in [0.2, 0.25) is 0 Å². The molecular formula is C17H13N3O2S3. The summed E-state index contributed by atoms with van der Waals surface area (Å²) in [5, 5.41) is 6.32. The van der Waals surface area contributed by atoms with E-state index in [1.54, 1.807) is 18.4 Å². The van der Waals surface area contributed by atoms with E-state index in [2.05, 4.69) is 15.3 Å². The number of rotatable bonds is 4. The molecule has 0 aliphatic heterocycles. The van der Waals surface area contributed by atoms with Gasteiger partial charge in [-0.2, -0.15) is 0 Å². The highest BCUT2D eigenvalue weighted by molar-refractivity contribution is 7.23. The molecular weight excluding hydrogens is 374 g/mol. The number of nitrogens with zero attached hydrogens (tertiary/aromatic N) is 2. The monoisotopic (exact) mass is 387 g/mol. The van der Waals surface area contributed by atoms with Gasteiger partial charge in [-0.15, -0.1) is 22.7 Å². The van der Waals surface area contributed by atoms with Gasteiger partial charge >= 0.3 is 0 Å². The predicted molar refractivity (Wildman–Crippen MR) is 104 cm³/mol. The van der Waals surface area contributed by atoms with Crippen LogP contribution in [0, 0.1) is 6.92 Å². The van der Waals surface area contributed by atoms with Crippen molar-refractivity contribution in [2.24, 2.45) is 0 Å². The maximum atomic E-state index is 12.6. The molecule has 0 radical (unpaired) electrons. The first-order valence-electron chi connectivity index (χ1n) is 7.41. The molecule has 25 heavy (non-hydrogen) atoms. The van der Waals surface area contributed by atoms with Crippen molar-refractivity contribution < 1.29 is 9.53 Å². The Balaban J connectivity index is 1.60. The topological polar surface area (TPSA) is 64.1 Å². The van der Waals surface area contributed by atoms with Crippen molar-refractivity contribution in [3.63, 3.8) is 0 Å². The maximum absolute atomic E-state index is 12.6. The first kappa shape index (κ1) is 16.2. The highest BCUT2D eigenvalue weighted by Gasteiger charge is 2.18. The van der Waals surface area contributed by atoms with E-state index in [4.69, 9.17) is 4.74 Å². The first-order chi connectivity index (χ1) is 12.1. The minimum atomic E-state index is -0.177. The van der Waals surface area contributed by atoms with E-state index in [-0.39, 0.29) is 5.91 Å². The Morgan fingerprint density at radius 3 is 2.84 bits per heavy atom. The standard InChI is InChI=1S/C17H13N3O2S3/c1-9-14(25-16(18-9)12-4-3-7-23-12)15(21)20-17-19-11-6-5-10(22-2)8-13(11)24-17/h3-8H,1-2H3,(H,19,20,21). The zero-order chi connectivity index (χ0) is 17.4. The van der Waals surface area contributed by atoms with Crippen LogP contribution in [0.4, 0.5) is 5.13 Å². The second-order valence-electron chi connectivity index (χ2n) is 5.22. The van der Waals surface area contributed by atoms with Crippen molar-refractivity contribution in [1.29, 1.82) is 0 Å². The van der Waals surface area contributed by atoms with Gasteiger partial charge in [0.15, 0.2) is 5.13 Å². The molecule has 1 aromatic carbocycles. The predicted octanol–water partition coefficient (Wildman–Crippen LogP) is 5.05. The fourth-order valence-electron chi connectivity index (χ4n) is 2.35. The van der Waals surface area contributed by atoms with E-state index < -0.39 is 0 Å². The molecule has 4 rings (SSSR count). The van der Waals surface area contributed by atoms with Crippen LogP contribution in [0.25, 0.3) is 20.1 Å². The molecule has 1 N–H and O–H groups in total. The average Bonchev–Trinajstić information content (AvgIpc) is 3.32. The average molecular weight is 388 g/mol. The Bertz CT molecular complexity index is 1050. The quantitative estimate of drug-likeness (QED) is 0.532. The van der Waals surface area contributed by atoms with Gasteiger partial charge in [-0.05, 0) is 36.6 Å². The van der Waals surface area contributed by atoms with Crippen LogP contribution in [0.15, 0.2) is 35.7 Å². The number of benzene rings is 1. The number of fused-ring (bicyclic) bond motifs is 1. The molecule has 4 aromatic rings. The SMILES string of the molecule is COc1ccc2nc(NC(=O)c3sc(-c4cccs4)nc3C)sc2c1. The molecule has 0 unspecified atom stereocenters. The van der Waals surface area contributed by atoms with E-state index in [9.17, 15) is 4.79 Å². The number of aryl methyl sites for hydroxylation is 1. The summed E-state index contributed by atoms with van der Waals surface area (Å²) < 4.78 is 6.19. The fourth-order valence-corrected chi connectivity index (χ4v) is 5.00. The summed E-state index contributed by atoms with van der Waals surface area (Å²) in [6, 6.07) is 9.63. The summed E-state index contributed by atoms with van der Waals surface area (Å²) in [5.41, 5.74) is 1.56. The Hall–Kier alpha value is -2.29. The van der Waals surface area contributed by atoms with E-state index >= 15 is 0 Å². The van der Waals surface area contributed by atoms with Crippen LogP contribution in [0.5, 0.6) is 5.75 Å². The van der Waals surface area contributed by atoms with Gasteiger partial charge in [0.25, 0.3) is 5.91 Å². The van der Waals surface area contributed by atoms with Crippen molar-refractivity contribution in [3.8, 4) is 15.6 Å². The van der Waals surface area contributed by atoms with Gasteiger partial charge in [0.2, 0.25) is 0 Å². The fraction of sp³-hybridized carbons (Fsp3) is 0.118. The van der Waals surface area contributed by atoms with Gasteiger partial charge in [-0.1, -0.05) is 17.4 Å². The lowest BCUT2D eigenvalue weighted by molar-refractivity contribution is 0.103. The molecule has 0 aliphatic rings. The third-order valence-electron chi connectivity index (χ3n) is 3.55. The zero-order valence-electron chi connectivity index (χ0n) is 13.4. The minimum Gasteiger partial charge on any atom is -0.497 e. The zero-order valence-corrected chi connectivity index (χ0v) is 15.8. The molecule has 0 aliphatic carbocycles. The van der Waals surface area contributed by atoms with Crippen LogP contribution >= 0.6 is 34.0 Å². The number of carbonyl (C=O) groups excluding carboxylic acids is 1. The van der Waals surface area contributed by atoms with Crippen molar-refractivity contribution in [1.82, 2.24) is 9.97 Å². The number of methoxy groups -OCH3 is 1. The van der Waals surface area contributed by atoms with Crippen molar-refractivity contribution >= 4 is 55.3 Å². The van der Waals surface area contributed by atoms with Crippen LogP contribution < -0.4 is 10.1 Å². The second kappa shape index (κ2) is 6.55. The molecule has 0 spiro atoms. The van der Waals surface area contributed by atoms with E-state index in [1.807, 2.05) is 42.6 Å². The summed E-state index contributed by atoms with van der Waals surface area (Å²) in [7, 11) is 1.63. The second-order valence-corrected chi connectivity index (χ2v) is 8.20. The van der Waals surface area contributed by atoms with E-state index in [1.165, 1.54) is 22.7 Å². The molecule has 3 aromatic heterocycles. The van der Waals surface area contributed by atoms with E-state index in [0.717, 1.165) is 31.5 Å². The molecule has 0 fully saturated rings. The molecule has 3 heterocycles. The third-order valence-corrected chi connectivity index (χ3v) is 6.68. The van der Waals surface area contributed by atoms with Crippen LogP contribution in [-0.4, -0.2) is 23.0 Å². The number of amides is 1. The summed E-state index contributed by atoms with van der Waals surface area (Å²) in [4.78, 5) is 23.3. The number of thiazole rings is 2. The van der Waals surface area contributed by atoms with Crippen molar-refractivity contribution in [2.75, 3.05) is 12.4 Å². The lowest BCUT2D eigenvalue weighted by Crippen LogP contribution is -2.11. The van der Waals surface area contributed by atoms with Gasteiger partial charge in [0, 0.05) is 0 Å². The number of ether oxygens (including phenoxy) is 1. The molecule has 5 nitrogen and oxygen atoms in total. The molecule has 8 heteroatoms. The van der Waals surface area contributed by atoms with Crippen molar-refractivity contribution in [2.45, 2.75) is 6.92 Å². The number of anilines is 1. The number of nitrogens with one attached hydrogen (secondary N) is 1. The van der Waals surface area contributed by atoms with Crippen molar-refractivity contribution in [3.05, 3.63) is 46.3 Å². The largest absolute Gasteiger partial charge is 0.497 e. The number of hydrogen-bond acceptors (Lipinski definition) is 7. The van der Waals surface area contributed by atoms with E-state index in [0.29, 0.717) is 10.0 Å². The Kier molecular flexibility index (Phi) is 4.24. The molecule has 0 saturated heterocycles. The molecule has 0 atom stereocenters. The minimum absolute atomic E-state index is 0.177. The smallest absolute Gasteiger partial charge is 0.269 e. The molecule has 0 bridgehead atoms. The Morgan fingerprint density at radius 1 is 1.20 bits per heavy atom. The Labute approximate surface area is 156 Å². The summed E-state index contributed by atoms with van der Waals surface area (Å²) in [5.74, 6) is 0.594. The maximum Gasteiger partial charge on any atom is 0.269 e.